The Labute approximate surface area is 108 Å². The zero-order chi connectivity index (χ0) is 13.2. The van der Waals surface area contributed by atoms with Crippen LogP contribution in [0.4, 0.5) is 0 Å². The molecule has 4 nitrogen and oxygen atoms in total. The topological polar surface area (TPSA) is 66.8 Å². The molecule has 0 unspecified atom stereocenters. The Morgan fingerprint density at radius 2 is 2.06 bits per heavy atom. The molecule has 0 aromatic heterocycles. The lowest BCUT2D eigenvalue weighted by molar-refractivity contribution is -0.146. The third-order valence-electron chi connectivity index (χ3n) is 2.56. The lowest BCUT2D eigenvalue weighted by Gasteiger charge is -2.20. The quantitative estimate of drug-likeness (QED) is 0.897. The van der Waals surface area contributed by atoms with Crippen LogP contribution in [0.5, 0.6) is 11.5 Å². The van der Waals surface area contributed by atoms with Gasteiger partial charge in [-0.05, 0) is 53.9 Å². The van der Waals surface area contributed by atoms with Gasteiger partial charge in [0.25, 0.3) is 0 Å². The molecule has 0 spiro atoms. The average molecular weight is 303 g/mol. The fourth-order valence-corrected chi connectivity index (χ4v) is 1.91. The minimum absolute atomic E-state index is 0.0557. The second-order valence-electron chi connectivity index (χ2n) is 4.48. The standard InChI is InChI=1S/C12H15BrO4/c1-12(2,11(15)16)6-7-4-8(17-3)5-9(13)10(7)14/h4-5,14H,6H2,1-3H3,(H,15,16). The highest BCUT2D eigenvalue weighted by atomic mass is 79.9. The van der Waals surface area contributed by atoms with Gasteiger partial charge in [0.15, 0.2) is 0 Å². The van der Waals surface area contributed by atoms with Crippen molar-refractivity contribution in [3.63, 3.8) is 0 Å². The molecule has 2 N–H and O–H groups in total. The maximum atomic E-state index is 11.1. The van der Waals surface area contributed by atoms with E-state index >= 15 is 0 Å². The molecule has 0 saturated heterocycles. The van der Waals surface area contributed by atoms with E-state index in [-0.39, 0.29) is 12.2 Å². The molecule has 5 heteroatoms. The van der Waals surface area contributed by atoms with Crippen molar-refractivity contribution in [3.8, 4) is 11.5 Å². The average Bonchev–Trinajstić information content (AvgIpc) is 2.23. The molecule has 1 rings (SSSR count). The first kappa shape index (κ1) is 13.8. The van der Waals surface area contributed by atoms with Gasteiger partial charge in [-0.3, -0.25) is 4.79 Å². The van der Waals surface area contributed by atoms with Crippen molar-refractivity contribution in [2.75, 3.05) is 7.11 Å². The molecule has 94 valence electrons. The number of hydrogen-bond acceptors (Lipinski definition) is 3. The van der Waals surface area contributed by atoms with Crippen LogP contribution in [0, 0.1) is 5.41 Å². The van der Waals surface area contributed by atoms with Gasteiger partial charge in [0.1, 0.15) is 11.5 Å². The summed E-state index contributed by atoms with van der Waals surface area (Å²) in [5, 5.41) is 18.9. The van der Waals surface area contributed by atoms with Crippen LogP contribution in [0.15, 0.2) is 16.6 Å². The summed E-state index contributed by atoms with van der Waals surface area (Å²) in [6.07, 6.45) is 0.226. The largest absolute Gasteiger partial charge is 0.506 e. The lowest BCUT2D eigenvalue weighted by Crippen LogP contribution is -2.26. The molecule has 0 heterocycles. The van der Waals surface area contributed by atoms with Crippen molar-refractivity contribution in [1.82, 2.24) is 0 Å². The van der Waals surface area contributed by atoms with Crippen LogP contribution in [0.3, 0.4) is 0 Å². The minimum Gasteiger partial charge on any atom is -0.506 e. The molecule has 1 aromatic rings. The Bertz CT molecular complexity index is 440. The molecule has 0 radical (unpaired) electrons. The van der Waals surface area contributed by atoms with E-state index in [0.717, 1.165) is 0 Å². The molecule has 0 amide bonds. The van der Waals surface area contributed by atoms with Gasteiger partial charge in [0, 0.05) is 0 Å². The number of phenolic OH excluding ortho intramolecular Hbond substituents is 1. The monoisotopic (exact) mass is 302 g/mol. The number of carbonyl (C=O) groups is 1. The molecule has 0 saturated carbocycles. The number of methoxy groups -OCH3 is 1. The number of benzene rings is 1. The zero-order valence-corrected chi connectivity index (χ0v) is 11.5. The molecule has 0 aliphatic carbocycles. The second-order valence-corrected chi connectivity index (χ2v) is 5.34. The van der Waals surface area contributed by atoms with Gasteiger partial charge < -0.3 is 14.9 Å². The number of rotatable bonds is 4. The predicted octanol–water partition coefficient (Wildman–Crippen LogP) is 2.82. The summed E-state index contributed by atoms with van der Waals surface area (Å²) in [4.78, 5) is 11.1. The van der Waals surface area contributed by atoms with Gasteiger partial charge in [-0.15, -0.1) is 0 Å². The van der Waals surface area contributed by atoms with Crippen molar-refractivity contribution in [2.24, 2.45) is 5.41 Å². The van der Waals surface area contributed by atoms with E-state index in [0.29, 0.717) is 15.8 Å². The Morgan fingerprint density at radius 3 is 2.53 bits per heavy atom. The van der Waals surface area contributed by atoms with Gasteiger partial charge >= 0.3 is 5.97 Å². The van der Waals surface area contributed by atoms with Crippen LogP contribution in [0.2, 0.25) is 0 Å². The fourth-order valence-electron chi connectivity index (χ4n) is 1.43. The van der Waals surface area contributed by atoms with E-state index in [2.05, 4.69) is 15.9 Å². The van der Waals surface area contributed by atoms with Crippen LogP contribution in [0.1, 0.15) is 19.4 Å². The first-order chi connectivity index (χ1) is 7.77. The smallest absolute Gasteiger partial charge is 0.309 e. The predicted molar refractivity (Wildman–Crippen MR) is 67.5 cm³/mol. The van der Waals surface area contributed by atoms with Crippen LogP contribution in [-0.4, -0.2) is 23.3 Å². The van der Waals surface area contributed by atoms with Crippen LogP contribution < -0.4 is 4.74 Å². The number of carboxylic acids is 1. The number of halogens is 1. The molecule has 0 fully saturated rings. The Balaban J connectivity index is 3.14. The van der Waals surface area contributed by atoms with Crippen LogP contribution >= 0.6 is 15.9 Å². The number of phenols is 1. The third kappa shape index (κ3) is 3.12. The molecule has 0 aliphatic rings. The number of aliphatic carboxylic acids is 1. The summed E-state index contributed by atoms with van der Waals surface area (Å²) in [5.41, 5.74) is -0.396. The molecule has 1 aromatic carbocycles. The Kier molecular flexibility index (Phi) is 4.03. The number of hydrogen-bond donors (Lipinski definition) is 2. The maximum Gasteiger partial charge on any atom is 0.309 e. The molecule has 0 aliphatic heterocycles. The number of ether oxygens (including phenoxy) is 1. The van der Waals surface area contributed by atoms with Gasteiger partial charge in [-0.1, -0.05) is 0 Å². The Morgan fingerprint density at radius 1 is 1.47 bits per heavy atom. The van der Waals surface area contributed by atoms with Crippen molar-refractivity contribution < 1.29 is 19.7 Å². The molecular weight excluding hydrogens is 288 g/mol. The summed E-state index contributed by atoms with van der Waals surface area (Å²) in [5.74, 6) is -0.276. The van der Waals surface area contributed by atoms with E-state index in [4.69, 9.17) is 9.84 Å². The normalized spacial score (nSPS) is 11.3. The summed E-state index contributed by atoms with van der Waals surface area (Å²) in [6.45, 7) is 3.23. The first-order valence-electron chi connectivity index (χ1n) is 5.06. The lowest BCUT2D eigenvalue weighted by atomic mass is 9.85. The summed E-state index contributed by atoms with van der Waals surface area (Å²) in [6, 6.07) is 3.28. The van der Waals surface area contributed by atoms with Gasteiger partial charge in [-0.2, -0.15) is 0 Å². The van der Waals surface area contributed by atoms with Gasteiger partial charge in [0.05, 0.1) is 17.0 Å². The minimum atomic E-state index is -0.941. The number of aromatic hydroxyl groups is 1. The highest BCUT2D eigenvalue weighted by Crippen LogP contribution is 2.36. The van der Waals surface area contributed by atoms with Gasteiger partial charge in [-0.25, -0.2) is 0 Å². The fraction of sp³-hybridized carbons (Fsp3) is 0.417. The maximum absolute atomic E-state index is 11.1. The highest BCUT2D eigenvalue weighted by molar-refractivity contribution is 9.10. The van der Waals surface area contributed by atoms with Crippen LogP contribution in [-0.2, 0) is 11.2 Å². The SMILES string of the molecule is COc1cc(Br)c(O)c(CC(C)(C)C(=O)O)c1. The molecular formula is C12H15BrO4. The number of carboxylic acid groups (broad SMARTS) is 1. The molecule has 0 atom stereocenters. The molecule has 0 bridgehead atoms. The van der Waals surface area contributed by atoms with Gasteiger partial charge in [0.2, 0.25) is 0 Å². The summed E-state index contributed by atoms with van der Waals surface area (Å²) in [7, 11) is 1.52. The van der Waals surface area contributed by atoms with Crippen LogP contribution in [0.25, 0.3) is 0 Å². The zero-order valence-electron chi connectivity index (χ0n) is 9.95. The van der Waals surface area contributed by atoms with Crippen molar-refractivity contribution in [1.29, 1.82) is 0 Å². The van der Waals surface area contributed by atoms with E-state index in [1.54, 1.807) is 26.0 Å². The van der Waals surface area contributed by atoms with E-state index in [1.165, 1.54) is 7.11 Å². The summed E-state index contributed by atoms with van der Waals surface area (Å²) < 4.78 is 5.57. The third-order valence-corrected chi connectivity index (χ3v) is 3.17. The second kappa shape index (κ2) is 4.96. The van der Waals surface area contributed by atoms with Crippen molar-refractivity contribution in [3.05, 3.63) is 22.2 Å². The first-order valence-corrected chi connectivity index (χ1v) is 5.86. The van der Waals surface area contributed by atoms with E-state index < -0.39 is 11.4 Å². The van der Waals surface area contributed by atoms with Crippen molar-refractivity contribution in [2.45, 2.75) is 20.3 Å². The van der Waals surface area contributed by atoms with Crippen molar-refractivity contribution >= 4 is 21.9 Å². The van der Waals surface area contributed by atoms with E-state index in [9.17, 15) is 9.90 Å². The van der Waals surface area contributed by atoms with E-state index in [1.807, 2.05) is 0 Å². The summed E-state index contributed by atoms with van der Waals surface area (Å²) >= 11 is 3.20. The molecule has 17 heavy (non-hydrogen) atoms. The Hall–Kier alpha value is -1.23. The highest BCUT2D eigenvalue weighted by Gasteiger charge is 2.29.